The first-order valence-electron chi connectivity index (χ1n) is 5.44. The number of nitrogens with zero attached hydrogens (tertiary/aromatic N) is 2. The number of halogens is 3. The molecule has 5 nitrogen and oxygen atoms in total. The van der Waals surface area contributed by atoms with E-state index in [4.69, 9.17) is 5.11 Å². The van der Waals surface area contributed by atoms with Crippen molar-refractivity contribution in [3.8, 4) is 0 Å². The van der Waals surface area contributed by atoms with Crippen LogP contribution >= 0.6 is 0 Å². The van der Waals surface area contributed by atoms with E-state index in [1.165, 1.54) is 0 Å². The topological polar surface area (TPSA) is 53.0 Å². The van der Waals surface area contributed by atoms with Gasteiger partial charge in [0.25, 0.3) is 0 Å². The molecule has 0 aromatic rings. The van der Waals surface area contributed by atoms with E-state index >= 15 is 0 Å². The van der Waals surface area contributed by atoms with E-state index in [1.54, 1.807) is 4.90 Å². The molecule has 0 radical (unpaired) electrons. The SMILES string of the molecule is CN(C)CCN(CCOCC(F)(F)F)CC(=O)O. The lowest BCUT2D eigenvalue weighted by molar-refractivity contribution is -0.174. The second-order valence-electron chi connectivity index (χ2n) is 4.14. The van der Waals surface area contributed by atoms with Gasteiger partial charge in [-0.25, -0.2) is 0 Å². The molecule has 0 aliphatic carbocycles. The molecule has 18 heavy (non-hydrogen) atoms. The fourth-order valence-corrected chi connectivity index (χ4v) is 1.18. The van der Waals surface area contributed by atoms with Crippen LogP contribution in [0.3, 0.4) is 0 Å². The first-order valence-corrected chi connectivity index (χ1v) is 5.44. The molecule has 0 aliphatic heterocycles. The van der Waals surface area contributed by atoms with E-state index < -0.39 is 18.8 Å². The van der Waals surface area contributed by atoms with Gasteiger partial charge < -0.3 is 14.7 Å². The highest BCUT2D eigenvalue weighted by Gasteiger charge is 2.27. The van der Waals surface area contributed by atoms with Crippen molar-refractivity contribution in [1.82, 2.24) is 9.80 Å². The van der Waals surface area contributed by atoms with Gasteiger partial charge in [0.2, 0.25) is 0 Å². The smallest absolute Gasteiger partial charge is 0.411 e. The van der Waals surface area contributed by atoms with Crippen LogP contribution in [0.5, 0.6) is 0 Å². The molecular weight excluding hydrogens is 253 g/mol. The van der Waals surface area contributed by atoms with Gasteiger partial charge in [-0.2, -0.15) is 13.2 Å². The Morgan fingerprint density at radius 3 is 2.28 bits per heavy atom. The first-order chi connectivity index (χ1) is 8.20. The highest BCUT2D eigenvalue weighted by Crippen LogP contribution is 2.14. The maximum Gasteiger partial charge on any atom is 0.411 e. The lowest BCUT2D eigenvalue weighted by Gasteiger charge is -2.22. The lowest BCUT2D eigenvalue weighted by Crippen LogP contribution is -2.38. The molecule has 0 aliphatic rings. The van der Waals surface area contributed by atoms with Crippen molar-refractivity contribution in [2.24, 2.45) is 0 Å². The molecule has 0 aromatic heterocycles. The molecule has 0 atom stereocenters. The number of hydrogen-bond donors (Lipinski definition) is 1. The molecule has 0 bridgehead atoms. The van der Waals surface area contributed by atoms with Crippen molar-refractivity contribution in [2.45, 2.75) is 6.18 Å². The Balaban J connectivity index is 3.89. The number of alkyl halides is 3. The number of hydrogen-bond acceptors (Lipinski definition) is 4. The summed E-state index contributed by atoms with van der Waals surface area (Å²) in [7, 11) is 3.66. The van der Waals surface area contributed by atoms with Crippen LogP contribution in [0, 0.1) is 0 Å². The summed E-state index contributed by atoms with van der Waals surface area (Å²) in [6.07, 6.45) is -4.35. The number of carboxylic acid groups (broad SMARTS) is 1. The molecule has 0 rings (SSSR count). The summed E-state index contributed by atoms with van der Waals surface area (Å²) < 4.78 is 39.9. The molecule has 0 saturated heterocycles. The normalized spacial score (nSPS) is 12.4. The quantitative estimate of drug-likeness (QED) is 0.620. The summed E-state index contributed by atoms with van der Waals surface area (Å²) in [4.78, 5) is 14.0. The van der Waals surface area contributed by atoms with Gasteiger partial charge in [-0.1, -0.05) is 0 Å². The van der Waals surface area contributed by atoms with Crippen LogP contribution in [0.4, 0.5) is 13.2 Å². The van der Waals surface area contributed by atoms with Crippen molar-refractivity contribution in [3.05, 3.63) is 0 Å². The molecule has 0 unspecified atom stereocenters. The molecular formula is C10H19F3N2O3. The van der Waals surface area contributed by atoms with Crippen molar-refractivity contribution >= 4 is 5.97 Å². The van der Waals surface area contributed by atoms with Gasteiger partial charge in [0.1, 0.15) is 6.61 Å². The predicted octanol–water partition coefficient (Wildman–Crippen LogP) is 0.513. The summed E-state index contributed by atoms with van der Waals surface area (Å²) in [5.74, 6) is -1.01. The maximum atomic E-state index is 11.8. The van der Waals surface area contributed by atoms with Crippen LogP contribution in [0.15, 0.2) is 0 Å². The number of ether oxygens (including phenoxy) is 1. The van der Waals surface area contributed by atoms with Crippen LogP contribution in [0.1, 0.15) is 0 Å². The van der Waals surface area contributed by atoms with Gasteiger partial charge in [-0.15, -0.1) is 0 Å². The minimum atomic E-state index is -4.35. The van der Waals surface area contributed by atoms with Crippen LogP contribution < -0.4 is 0 Å². The summed E-state index contributed by atoms with van der Waals surface area (Å²) in [6.45, 7) is -0.386. The molecule has 0 heterocycles. The molecule has 0 spiro atoms. The van der Waals surface area contributed by atoms with Crippen molar-refractivity contribution < 1.29 is 27.8 Å². The number of carboxylic acids is 1. The van der Waals surface area contributed by atoms with Crippen LogP contribution in [0.25, 0.3) is 0 Å². The molecule has 0 saturated carbocycles. The second-order valence-corrected chi connectivity index (χ2v) is 4.14. The summed E-state index contributed by atoms with van der Waals surface area (Å²) in [6, 6.07) is 0. The fourth-order valence-electron chi connectivity index (χ4n) is 1.18. The average Bonchev–Trinajstić information content (AvgIpc) is 2.18. The van der Waals surface area contributed by atoms with Crippen molar-refractivity contribution in [2.75, 3.05) is 53.5 Å². The monoisotopic (exact) mass is 272 g/mol. The maximum absolute atomic E-state index is 11.8. The average molecular weight is 272 g/mol. The Morgan fingerprint density at radius 2 is 1.83 bits per heavy atom. The summed E-state index contributed by atoms with van der Waals surface area (Å²) in [5.41, 5.74) is 0. The summed E-state index contributed by atoms with van der Waals surface area (Å²) >= 11 is 0. The lowest BCUT2D eigenvalue weighted by atomic mass is 10.4. The predicted molar refractivity (Wildman–Crippen MR) is 59.5 cm³/mol. The molecule has 8 heteroatoms. The minimum Gasteiger partial charge on any atom is -0.480 e. The number of rotatable bonds is 9. The van der Waals surface area contributed by atoms with Crippen molar-refractivity contribution in [1.29, 1.82) is 0 Å². The highest BCUT2D eigenvalue weighted by atomic mass is 19.4. The highest BCUT2D eigenvalue weighted by molar-refractivity contribution is 5.69. The van der Waals surface area contributed by atoms with E-state index in [0.717, 1.165) is 0 Å². The fraction of sp³-hybridized carbons (Fsp3) is 0.900. The Bertz CT molecular complexity index is 247. The van der Waals surface area contributed by atoms with Gasteiger partial charge in [0.15, 0.2) is 0 Å². The zero-order valence-corrected chi connectivity index (χ0v) is 10.5. The van der Waals surface area contributed by atoms with E-state index in [0.29, 0.717) is 13.1 Å². The van der Waals surface area contributed by atoms with E-state index in [-0.39, 0.29) is 19.7 Å². The van der Waals surface area contributed by atoms with Gasteiger partial charge in [0, 0.05) is 19.6 Å². The molecule has 0 amide bonds. The number of aliphatic carboxylic acids is 1. The third-order valence-corrected chi connectivity index (χ3v) is 2.04. The number of likely N-dealkylation sites (N-methyl/N-ethyl adjacent to an activating group) is 1. The summed E-state index contributed by atoms with van der Waals surface area (Å²) in [5, 5.41) is 8.66. The number of carbonyl (C=O) groups is 1. The van der Waals surface area contributed by atoms with Gasteiger partial charge >= 0.3 is 12.1 Å². The Hall–Kier alpha value is -0.860. The second kappa shape index (κ2) is 8.28. The van der Waals surface area contributed by atoms with Gasteiger partial charge in [-0.05, 0) is 14.1 Å². The molecule has 0 fully saturated rings. The Kier molecular flexibility index (Phi) is 7.88. The van der Waals surface area contributed by atoms with E-state index in [9.17, 15) is 18.0 Å². The largest absolute Gasteiger partial charge is 0.480 e. The van der Waals surface area contributed by atoms with E-state index in [2.05, 4.69) is 4.74 Å². The molecule has 1 N–H and O–H groups in total. The van der Waals surface area contributed by atoms with E-state index in [1.807, 2.05) is 19.0 Å². The van der Waals surface area contributed by atoms with Gasteiger partial charge in [-0.3, -0.25) is 9.69 Å². The minimum absolute atomic E-state index is 0.139. The Morgan fingerprint density at radius 1 is 1.22 bits per heavy atom. The third kappa shape index (κ3) is 11.6. The van der Waals surface area contributed by atoms with Crippen molar-refractivity contribution in [3.63, 3.8) is 0 Å². The third-order valence-electron chi connectivity index (χ3n) is 2.04. The molecule has 108 valence electrons. The van der Waals surface area contributed by atoms with Crippen LogP contribution in [-0.2, 0) is 9.53 Å². The van der Waals surface area contributed by atoms with Crippen LogP contribution in [-0.4, -0.2) is 80.5 Å². The molecule has 0 aromatic carbocycles. The zero-order valence-electron chi connectivity index (χ0n) is 10.5. The standard InChI is InChI=1S/C10H19F3N2O3/c1-14(2)3-4-15(7-9(16)17)5-6-18-8-10(11,12)13/h3-8H2,1-2H3,(H,16,17). The first kappa shape index (κ1) is 17.1. The van der Waals surface area contributed by atoms with Crippen LogP contribution in [0.2, 0.25) is 0 Å². The zero-order chi connectivity index (χ0) is 14.2. The Labute approximate surface area is 104 Å². The van der Waals surface area contributed by atoms with Gasteiger partial charge in [0.05, 0.1) is 13.2 Å².